The third-order valence-corrected chi connectivity index (χ3v) is 2.06. The minimum atomic E-state index is -1.03. The van der Waals surface area contributed by atoms with Crippen LogP contribution in [0.1, 0.15) is 0 Å². The first-order valence-electron chi connectivity index (χ1n) is 3.94. The molecule has 0 aliphatic carbocycles. The molecule has 2 saturated heterocycles. The van der Waals surface area contributed by atoms with Crippen LogP contribution in [0.4, 0.5) is 0 Å². The summed E-state index contributed by atoms with van der Waals surface area (Å²) in [4.78, 5) is 10.7. The lowest BCUT2D eigenvalue weighted by atomic mass is 10.1. The van der Waals surface area contributed by atoms with Gasteiger partial charge in [0.15, 0.2) is 6.10 Å². The maximum atomic E-state index is 10.7. The van der Waals surface area contributed by atoms with Crippen molar-refractivity contribution >= 4 is 5.97 Å². The van der Waals surface area contributed by atoms with Crippen LogP contribution in [0.2, 0.25) is 0 Å². The van der Waals surface area contributed by atoms with E-state index < -0.39 is 18.2 Å². The fourth-order valence-electron chi connectivity index (χ4n) is 1.43. The highest BCUT2D eigenvalue weighted by Gasteiger charge is 2.42. The van der Waals surface area contributed by atoms with Gasteiger partial charge in [-0.25, -0.2) is 4.79 Å². The molecule has 74 valence electrons. The Morgan fingerprint density at radius 1 is 1.23 bits per heavy atom. The van der Waals surface area contributed by atoms with E-state index in [4.69, 9.17) is 24.1 Å². The number of carbonyl (C=O) groups is 1. The maximum Gasteiger partial charge on any atom is 0.335 e. The molecule has 2 fully saturated rings. The summed E-state index contributed by atoms with van der Waals surface area (Å²) in [5.74, 6) is -1.03. The molecule has 13 heavy (non-hydrogen) atoms. The summed E-state index contributed by atoms with van der Waals surface area (Å²) in [5, 5.41) is 8.74. The lowest BCUT2D eigenvalue weighted by Crippen LogP contribution is -2.41. The number of hydrogen-bond acceptors (Lipinski definition) is 5. The molecule has 2 aliphatic heterocycles. The molecule has 0 aromatic heterocycles. The molecular formula is C7H10O6. The number of hydrogen-bond donors (Lipinski definition) is 1. The molecule has 2 rings (SSSR count). The fourth-order valence-corrected chi connectivity index (χ4v) is 1.43. The summed E-state index contributed by atoms with van der Waals surface area (Å²) in [6.45, 7) is 0.552. The van der Waals surface area contributed by atoms with Crippen molar-refractivity contribution in [3.63, 3.8) is 0 Å². The Bertz CT molecular complexity index is 199. The van der Waals surface area contributed by atoms with Crippen LogP contribution in [0, 0.1) is 0 Å². The van der Waals surface area contributed by atoms with E-state index in [0.29, 0.717) is 6.61 Å². The van der Waals surface area contributed by atoms with Gasteiger partial charge < -0.3 is 24.1 Å². The van der Waals surface area contributed by atoms with E-state index in [9.17, 15) is 4.79 Å². The molecule has 2 aliphatic rings. The van der Waals surface area contributed by atoms with Crippen molar-refractivity contribution in [2.24, 2.45) is 0 Å². The van der Waals surface area contributed by atoms with Gasteiger partial charge in [-0.1, -0.05) is 0 Å². The largest absolute Gasteiger partial charge is 0.479 e. The first kappa shape index (κ1) is 8.89. The smallest absolute Gasteiger partial charge is 0.335 e. The van der Waals surface area contributed by atoms with E-state index in [2.05, 4.69) is 0 Å². The highest BCUT2D eigenvalue weighted by Crippen LogP contribution is 2.21. The molecule has 0 bridgehead atoms. The zero-order valence-electron chi connectivity index (χ0n) is 6.84. The Balaban J connectivity index is 2.00. The molecule has 1 N–H and O–H groups in total. The van der Waals surface area contributed by atoms with Crippen LogP contribution in [0.3, 0.4) is 0 Å². The third kappa shape index (κ3) is 1.66. The molecule has 0 amide bonds. The molecule has 0 radical (unpaired) electrons. The Morgan fingerprint density at radius 3 is 2.69 bits per heavy atom. The van der Waals surface area contributed by atoms with Crippen LogP contribution >= 0.6 is 0 Å². The van der Waals surface area contributed by atoms with Gasteiger partial charge in [0.25, 0.3) is 0 Å². The van der Waals surface area contributed by atoms with Crippen molar-refractivity contribution in [1.29, 1.82) is 0 Å². The van der Waals surface area contributed by atoms with Crippen LogP contribution < -0.4 is 0 Å². The Morgan fingerprint density at radius 2 is 2.08 bits per heavy atom. The van der Waals surface area contributed by atoms with Gasteiger partial charge in [-0.15, -0.1) is 0 Å². The monoisotopic (exact) mass is 190 g/mol. The highest BCUT2D eigenvalue weighted by atomic mass is 16.8. The number of ether oxygens (including phenoxy) is 4. The van der Waals surface area contributed by atoms with Gasteiger partial charge in [-0.3, -0.25) is 0 Å². The van der Waals surface area contributed by atoms with Gasteiger partial charge in [0.05, 0.1) is 6.61 Å². The summed E-state index contributed by atoms with van der Waals surface area (Å²) in [5.41, 5.74) is 0. The minimum Gasteiger partial charge on any atom is -0.479 e. The predicted octanol–water partition coefficient (Wildman–Crippen LogP) is -0.815. The van der Waals surface area contributed by atoms with E-state index in [1.807, 2.05) is 0 Å². The van der Waals surface area contributed by atoms with Crippen LogP contribution in [0.5, 0.6) is 0 Å². The molecule has 0 aromatic rings. The molecule has 6 nitrogen and oxygen atoms in total. The first-order valence-corrected chi connectivity index (χ1v) is 3.94. The van der Waals surface area contributed by atoms with Crippen LogP contribution in [-0.4, -0.2) is 49.6 Å². The van der Waals surface area contributed by atoms with Gasteiger partial charge in [-0.05, 0) is 0 Å². The van der Waals surface area contributed by atoms with Gasteiger partial charge in [0, 0.05) is 0 Å². The maximum absolute atomic E-state index is 10.7. The van der Waals surface area contributed by atoms with E-state index >= 15 is 0 Å². The van der Waals surface area contributed by atoms with Crippen LogP contribution in [0.15, 0.2) is 0 Å². The fraction of sp³-hybridized carbons (Fsp3) is 0.857. The molecule has 2 heterocycles. The molecular weight excluding hydrogens is 180 g/mol. The van der Waals surface area contributed by atoms with E-state index in [0.717, 1.165) is 0 Å². The van der Waals surface area contributed by atoms with Crippen molar-refractivity contribution in [2.75, 3.05) is 20.2 Å². The zero-order chi connectivity index (χ0) is 9.26. The zero-order valence-corrected chi connectivity index (χ0v) is 6.84. The minimum absolute atomic E-state index is 0.00148. The molecule has 0 aromatic carbocycles. The van der Waals surface area contributed by atoms with Gasteiger partial charge in [0.2, 0.25) is 0 Å². The van der Waals surface area contributed by atoms with Gasteiger partial charge >= 0.3 is 5.97 Å². The molecule has 3 unspecified atom stereocenters. The second kappa shape index (κ2) is 3.59. The normalized spacial score (nSPS) is 39.5. The standard InChI is InChI=1S/C7H10O6/c8-7(9)6-5(12-3-13-6)4-1-10-2-11-4/h4-6H,1-3H2,(H,8,9). The molecule has 3 atom stereocenters. The first-order chi connectivity index (χ1) is 6.29. The summed E-state index contributed by atoms with van der Waals surface area (Å²) in [6, 6.07) is 0. The van der Waals surface area contributed by atoms with Crippen molar-refractivity contribution in [3.05, 3.63) is 0 Å². The van der Waals surface area contributed by atoms with E-state index in [1.165, 1.54) is 0 Å². The van der Waals surface area contributed by atoms with Gasteiger partial charge in [0.1, 0.15) is 25.8 Å². The number of rotatable bonds is 2. The van der Waals surface area contributed by atoms with Crippen LogP contribution in [0.25, 0.3) is 0 Å². The summed E-state index contributed by atoms with van der Waals surface area (Å²) in [7, 11) is 0. The molecule has 6 heteroatoms. The van der Waals surface area contributed by atoms with Crippen molar-refractivity contribution < 1.29 is 28.8 Å². The quantitative estimate of drug-likeness (QED) is 0.613. The van der Waals surface area contributed by atoms with Crippen molar-refractivity contribution in [2.45, 2.75) is 18.3 Å². The average molecular weight is 190 g/mol. The Kier molecular flexibility index (Phi) is 2.45. The van der Waals surface area contributed by atoms with Crippen molar-refractivity contribution in [3.8, 4) is 0 Å². The molecule has 0 spiro atoms. The lowest BCUT2D eigenvalue weighted by molar-refractivity contribution is -0.149. The summed E-state index contributed by atoms with van der Waals surface area (Å²) < 4.78 is 20.1. The lowest BCUT2D eigenvalue weighted by Gasteiger charge is -2.17. The number of carboxylic acid groups (broad SMARTS) is 1. The predicted molar refractivity (Wildman–Crippen MR) is 37.9 cm³/mol. The van der Waals surface area contributed by atoms with E-state index in [1.54, 1.807) is 0 Å². The van der Waals surface area contributed by atoms with Crippen LogP contribution in [-0.2, 0) is 23.7 Å². The SMILES string of the molecule is O=C(O)C1OCOC1C1COCO1. The highest BCUT2D eigenvalue weighted by molar-refractivity contribution is 5.73. The second-order valence-corrected chi connectivity index (χ2v) is 2.87. The summed E-state index contributed by atoms with van der Waals surface area (Å²) in [6.07, 6.45) is -1.82. The third-order valence-electron chi connectivity index (χ3n) is 2.06. The van der Waals surface area contributed by atoms with Crippen molar-refractivity contribution in [1.82, 2.24) is 0 Å². The summed E-state index contributed by atoms with van der Waals surface area (Å²) >= 11 is 0. The van der Waals surface area contributed by atoms with Gasteiger partial charge in [-0.2, -0.15) is 0 Å². The number of carboxylic acids is 1. The molecule has 0 saturated carbocycles. The Hall–Kier alpha value is -0.690. The Labute approximate surface area is 74.3 Å². The van der Waals surface area contributed by atoms with E-state index in [-0.39, 0.29) is 19.7 Å². The average Bonchev–Trinajstić information content (AvgIpc) is 2.74. The number of aliphatic carboxylic acids is 1. The topological polar surface area (TPSA) is 74.2 Å². The second-order valence-electron chi connectivity index (χ2n) is 2.87.